The first-order chi connectivity index (χ1) is 7.56. The average molecular weight is 220 g/mol. The Morgan fingerprint density at radius 2 is 2.25 bits per heavy atom. The van der Waals surface area contributed by atoms with Crippen molar-refractivity contribution >= 4 is 5.91 Å². The Balaban J connectivity index is 2.82. The second-order valence-electron chi connectivity index (χ2n) is 3.41. The molecule has 1 rings (SSSR count). The highest BCUT2D eigenvalue weighted by atomic mass is 16.3. The monoisotopic (exact) mass is 220 g/mol. The van der Waals surface area contributed by atoms with Gasteiger partial charge in [-0.2, -0.15) is 5.26 Å². The maximum Gasteiger partial charge on any atom is 0.255 e. The molecule has 1 aromatic rings. The van der Waals surface area contributed by atoms with Crippen molar-refractivity contribution in [1.82, 2.24) is 5.32 Å². The lowest BCUT2D eigenvalue weighted by Gasteiger charge is -2.11. The van der Waals surface area contributed by atoms with Gasteiger partial charge in [0, 0.05) is 6.04 Å². The second-order valence-corrected chi connectivity index (χ2v) is 3.41. The number of carbonyl (C=O) groups is 1. The van der Waals surface area contributed by atoms with Crippen molar-refractivity contribution in [3.05, 3.63) is 23.8 Å². The summed E-state index contributed by atoms with van der Waals surface area (Å²) in [4.78, 5) is 11.6. The number of benzene rings is 1. The van der Waals surface area contributed by atoms with E-state index in [-0.39, 0.29) is 23.8 Å². The molecule has 0 heterocycles. The van der Waals surface area contributed by atoms with Crippen LogP contribution in [0.4, 0.5) is 0 Å². The lowest BCUT2D eigenvalue weighted by molar-refractivity contribution is 0.0937. The molecule has 5 nitrogen and oxygen atoms in total. The lowest BCUT2D eigenvalue weighted by Crippen LogP contribution is -2.32. The van der Waals surface area contributed by atoms with Crippen LogP contribution >= 0.6 is 0 Å². The van der Waals surface area contributed by atoms with Crippen LogP contribution in [-0.4, -0.2) is 22.2 Å². The van der Waals surface area contributed by atoms with Crippen LogP contribution in [0, 0.1) is 11.3 Å². The van der Waals surface area contributed by atoms with Gasteiger partial charge < -0.3 is 15.5 Å². The molecule has 0 radical (unpaired) electrons. The zero-order valence-corrected chi connectivity index (χ0v) is 8.77. The van der Waals surface area contributed by atoms with Crippen molar-refractivity contribution in [2.24, 2.45) is 0 Å². The van der Waals surface area contributed by atoms with E-state index in [9.17, 15) is 15.0 Å². The summed E-state index contributed by atoms with van der Waals surface area (Å²) < 4.78 is 0. The van der Waals surface area contributed by atoms with Gasteiger partial charge >= 0.3 is 0 Å². The van der Waals surface area contributed by atoms with E-state index in [1.165, 1.54) is 18.2 Å². The van der Waals surface area contributed by atoms with Crippen molar-refractivity contribution in [2.45, 2.75) is 19.4 Å². The number of carbonyl (C=O) groups excluding carboxylic acids is 1. The molecule has 0 saturated heterocycles. The number of phenols is 2. The van der Waals surface area contributed by atoms with Gasteiger partial charge in [0.15, 0.2) is 11.5 Å². The summed E-state index contributed by atoms with van der Waals surface area (Å²) in [5.74, 6) is -1.32. The van der Waals surface area contributed by atoms with E-state index in [1.54, 1.807) is 6.92 Å². The predicted molar refractivity (Wildman–Crippen MR) is 56.9 cm³/mol. The molecule has 0 bridgehead atoms. The molecule has 1 aromatic carbocycles. The van der Waals surface area contributed by atoms with E-state index in [1.807, 2.05) is 6.07 Å². The van der Waals surface area contributed by atoms with E-state index in [0.717, 1.165) is 0 Å². The van der Waals surface area contributed by atoms with Crippen LogP contribution in [0.3, 0.4) is 0 Å². The number of rotatable bonds is 3. The first-order valence-corrected chi connectivity index (χ1v) is 4.75. The molecule has 0 aromatic heterocycles. The molecule has 16 heavy (non-hydrogen) atoms. The largest absolute Gasteiger partial charge is 0.504 e. The number of nitrogens with zero attached hydrogens (tertiary/aromatic N) is 1. The Kier molecular flexibility index (Phi) is 3.72. The van der Waals surface area contributed by atoms with Crippen LogP contribution in [0.2, 0.25) is 0 Å². The fourth-order valence-electron chi connectivity index (χ4n) is 1.20. The van der Waals surface area contributed by atoms with E-state index in [4.69, 9.17) is 5.26 Å². The quantitative estimate of drug-likeness (QED) is 0.665. The summed E-state index contributed by atoms with van der Waals surface area (Å²) in [6.07, 6.45) is 0.186. The van der Waals surface area contributed by atoms with Crippen LogP contribution in [0.1, 0.15) is 23.7 Å². The molecular weight excluding hydrogens is 208 g/mol. The number of aromatic hydroxyl groups is 2. The maximum atomic E-state index is 11.6. The predicted octanol–water partition coefficient (Wildman–Crippen LogP) is 1.13. The molecule has 3 N–H and O–H groups in total. The Bertz CT molecular complexity index is 437. The Labute approximate surface area is 92.9 Å². The molecule has 0 saturated carbocycles. The minimum atomic E-state index is -0.517. The van der Waals surface area contributed by atoms with Gasteiger partial charge in [-0.3, -0.25) is 4.79 Å². The van der Waals surface area contributed by atoms with E-state index >= 15 is 0 Å². The summed E-state index contributed by atoms with van der Waals surface area (Å²) >= 11 is 0. The molecule has 0 aliphatic carbocycles. The van der Waals surface area contributed by atoms with Gasteiger partial charge in [0.2, 0.25) is 0 Å². The summed E-state index contributed by atoms with van der Waals surface area (Å²) in [5.41, 5.74) is -0.00945. The SMILES string of the molecule is CC(CC#N)NC(=O)c1cccc(O)c1O. The molecule has 0 fully saturated rings. The van der Waals surface area contributed by atoms with Gasteiger partial charge in [-0.1, -0.05) is 6.07 Å². The number of hydrogen-bond acceptors (Lipinski definition) is 4. The van der Waals surface area contributed by atoms with Crippen LogP contribution in [0.15, 0.2) is 18.2 Å². The van der Waals surface area contributed by atoms with Gasteiger partial charge in [-0.15, -0.1) is 0 Å². The van der Waals surface area contributed by atoms with Gasteiger partial charge in [0.05, 0.1) is 18.1 Å². The third-order valence-electron chi connectivity index (χ3n) is 2.03. The third-order valence-corrected chi connectivity index (χ3v) is 2.03. The first-order valence-electron chi connectivity index (χ1n) is 4.75. The Morgan fingerprint density at radius 3 is 2.88 bits per heavy atom. The molecule has 84 valence electrons. The van der Waals surface area contributed by atoms with Gasteiger partial charge in [0.25, 0.3) is 5.91 Å². The topological polar surface area (TPSA) is 93.4 Å². The van der Waals surface area contributed by atoms with Crippen LogP contribution in [-0.2, 0) is 0 Å². The lowest BCUT2D eigenvalue weighted by atomic mass is 10.1. The second kappa shape index (κ2) is 5.03. The molecule has 0 aliphatic heterocycles. The number of hydrogen-bond donors (Lipinski definition) is 3. The van der Waals surface area contributed by atoms with Crippen LogP contribution < -0.4 is 5.32 Å². The fourth-order valence-corrected chi connectivity index (χ4v) is 1.20. The highest BCUT2D eigenvalue weighted by Crippen LogP contribution is 2.27. The molecule has 1 unspecified atom stereocenters. The number of nitrogens with one attached hydrogen (secondary N) is 1. The van der Waals surface area contributed by atoms with Crippen molar-refractivity contribution in [2.75, 3.05) is 0 Å². The fraction of sp³-hybridized carbons (Fsp3) is 0.273. The van der Waals surface area contributed by atoms with Crippen molar-refractivity contribution in [1.29, 1.82) is 5.26 Å². The summed E-state index contributed by atoms with van der Waals surface area (Å²) in [6, 6.07) is 5.75. The maximum absolute atomic E-state index is 11.6. The zero-order valence-electron chi connectivity index (χ0n) is 8.77. The zero-order chi connectivity index (χ0) is 12.1. The van der Waals surface area contributed by atoms with Crippen LogP contribution in [0.25, 0.3) is 0 Å². The molecular formula is C11H12N2O3. The van der Waals surface area contributed by atoms with Crippen molar-refractivity contribution in [3.63, 3.8) is 0 Å². The molecule has 5 heteroatoms. The third kappa shape index (κ3) is 2.64. The molecule has 1 atom stereocenters. The number of phenolic OH excluding ortho intramolecular Hbond substituents is 2. The first kappa shape index (κ1) is 11.9. The highest BCUT2D eigenvalue weighted by molar-refractivity contribution is 5.97. The summed E-state index contributed by atoms with van der Waals surface area (Å²) in [7, 11) is 0. The normalized spacial score (nSPS) is 11.5. The van der Waals surface area contributed by atoms with E-state index in [0.29, 0.717) is 0 Å². The summed E-state index contributed by atoms with van der Waals surface area (Å²) in [5, 5.41) is 29.6. The molecule has 0 spiro atoms. The Morgan fingerprint density at radius 1 is 1.56 bits per heavy atom. The number of para-hydroxylation sites is 1. The van der Waals surface area contributed by atoms with Gasteiger partial charge in [0.1, 0.15) is 0 Å². The van der Waals surface area contributed by atoms with E-state index in [2.05, 4.69) is 5.32 Å². The van der Waals surface area contributed by atoms with Crippen molar-refractivity contribution in [3.8, 4) is 17.6 Å². The number of nitriles is 1. The molecule has 0 aliphatic rings. The minimum absolute atomic E-state index is 0.00945. The smallest absolute Gasteiger partial charge is 0.255 e. The average Bonchev–Trinajstić information content (AvgIpc) is 2.22. The van der Waals surface area contributed by atoms with Crippen molar-refractivity contribution < 1.29 is 15.0 Å². The molecule has 1 amide bonds. The standard InChI is InChI=1S/C11H12N2O3/c1-7(5-6-12)13-11(16)8-3-2-4-9(14)10(8)15/h2-4,7,14-15H,5H2,1H3,(H,13,16). The van der Waals surface area contributed by atoms with Gasteiger partial charge in [-0.25, -0.2) is 0 Å². The van der Waals surface area contributed by atoms with Crippen LogP contribution in [0.5, 0.6) is 11.5 Å². The van der Waals surface area contributed by atoms with Gasteiger partial charge in [-0.05, 0) is 19.1 Å². The van der Waals surface area contributed by atoms with E-state index < -0.39 is 11.7 Å². The summed E-state index contributed by atoms with van der Waals surface area (Å²) in [6.45, 7) is 1.68. The Hall–Kier alpha value is -2.22. The highest BCUT2D eigenvalue weighted by Gasteiger charge is 2.15. The minimum Gasteiger partial charge on any atom is -0.504 e. The number of amides is 1.